The van der Waals surface area contributed by atoms with Crippen LogP contribution in [0.2, 0.25) is 0 Å². The van der Waals surface area contributed by atoms with Crippen molar-refractivity contribution in [3.8, 4) is 0 Å². The molecule has 17 heavy (non-hydrogen) atoms. The van der Waals surface area contributed by atoms with Crippen LogP contribution in [0.3, 0.4) is 0 Å². The number of thioether (sulfide) groups is 1. The van der Waals surface area contributed by atoms with Crippen molar-refractivity contribution in [1.29, 1.82) is 0 Å². The van der Waals surface area contributed by atoms with E-state index in [9.17, 15) is 9.59 Å². The van der Waals surface area contributed by atoms with Crippen LogP contribution < -0.4 is 5.32 Å². The van der Waals surface area contributed by atoms with Gasteiger partial charge in [-0.2, -0.15) is 11.8 Å². The average molecular weight is 259 g/mol. The second-order valence-corrected chi connectivity index (χ2v) is 5.66. The minimum Gasteiger partial charge on any atom is -0.481 e. The van der Waals surface area contributed by atoms with Crippen LogP contribution in [0, 0.1) is 11.8 Å². The lowest BCUT2D eigenvalue weighted by Gasteiger charge is -2.19. The van der Waals surface area contributed by atoms with Crippen LogP contribution in [-0.4, -0.2) is 35.0 Å². The van der Waals surface area contributed by atoms with E-state index in [2.05, 4.69) is 5.32 Å². The fourth-order valence-electron chi connectivity index (χ4n) is 2.29. The Labute approximate surface area is 107 Å². The van der Waals surface area contributed by atoms with Gasteiger partial charge in [0, 0.05) is 6.04 Å². The summed E-state index contributed by atoms with van der Waals surface area (Å²) in [5.74, 6) is -0.719. The molecular weight excluding hydrogens is 238 g/mol. The molecular formula is C12H21NO3S. The quantitative estimate of drug-likeness (QED) is 0.762. The van der Waals surface area contributed by atoms with Gasteiger partial charge in [-0.25, -0.2) is 0 Å². The van der Waals surface area contributed by atoms with Crippen molar-refractivity contribution in [3.05, 3.63) is 0 Å². The summed E-state index contributed by atoms with van der Waals surface area (Å²) in [6.45, 7) is 1.97. The molecule has 0 bridgehead atoms. The summed E-state index contributed by atoms with van der Waals surface area (Å²) in [6, 6.07) is 0.130. The van der Waals surface area contributed by atoms with E-state index in [1.807, 2.05) is 13.2 Å². The molecule has 0 heterocycles. The molecule has 2 N–H and O–H groups in total. The number of carbonyl (C=O) groups is 2. The van der Waals surface area contributed by atoms with E-state index >= 15 is 0 Å². The molecule has 0 aromatic carbocycles. The molecule has 1 rings (SSSR count). The first-order valence-electron chi connectivity index (χ1n) is 6.08. The number of carboxylic acids is 1. The van der Waals surface area contributed by atoms with Gasteiger partial charge in [0.05, 0.1) is 11.8 Å². The Morgan fingerprint density at radius 2 is 2.06 bits per heavy atom. The highest BCUT2D eigenvalue weighted by molar-refractivity contribution is 7.98. The van der Waals surface area contributed by atoms with Crippen LogP contribution in [0.1, 0.15) is 32.6 Å². The second kappa shape index (κ2) is 6.89. The molecule has 0 saturated heterocycles. The Hall–Kier alpha value is -0.710. The molecule has 0 aromatic rings. The van der Waals surface area contributed by atoms with Crippen molar-refractivity contribution in [2.45, 2.75) is 38.6 Å². The summed E-state index contributed by atoms with van der Waals surface area (Å²) in [5, 5.41) is 12.0. The van der Waals surface area contributed by atoms with Gasteiger partial charge in [0.25, 0.3) is 0 Å². The highest BCUT2D eigenvalue weighted by Crippen LogP contribution is 2.32. The Kier molecular flexibility index (Phi) is 5.82. The van der Waals surface area contributed by atoms with Gasteiger partial charge in [-0.3, -0.25) is 9.59 Å². The SMILES string of the molecule is CSCCC(C)NC(=O)C1CCCC1C(=O)O. The largest absolute Gasteiger partial charge is 0.481 e. The normalized spacial score (nSPS) is 25.5. The van der Waals surface area contributed by atoms with E-state index in [4.69, 9.17) is 5.11 Å². The van der Waals surface area contributed by atoms with Gasteiger partial charge in [0.1, 0.15) is 0 Å². The lowest BCUT2D eigenvalue weighted by Crippen LogP contribution is -2.40. The highest BCUT2D eigenvalue weighted by Gasteiger charge is 2.37. The lowest BCUT2D eigenvalue weighted by atomic mass is 9.95. The monoisotopic (exact) mass is 259 g/mol. The van der Waals surface area contributed by atoms with E-state index < -0.39 is 11.9 Å². The minimum absolute atomic E-state index is 0.0801. The van der Waals surface area contributed by atoms with Crippen LogP contribution >= 0.6 is 11.8 Å². The number of aliphatic carboxylic acids is 1. The Balaban J connectivity index is 2.43. The number of carboxylic acid groups (broad SMARTS) is 1. The van der Waals surface area contributed by atoms with E-state index in [0.29, 0.717) is 12.8 Å². The predicted octanol–water partition coefficient (Wildman–Crippen LogP) is 1.75. The van der Waals surface area contributed by atoms with Crippen LogP contribution in [0.15, 0.2) is 0 Å². The molecule has 0 aliphatic heterocycles. The molecule has 5 heteroatoms. The molecule has 0 radical (unpaired) electrons. The minimum atomic E-state index is -0.834. The summed E-state index contributed by atoms with van der Waals surface area (Å²) in [4.78, 5) is 22.9. The van der Waals surface area contributed by atoms with E-state index in [1.165, 1.54) is 0 Å². The maximum atomic E-state index is 12.0. The lowest BCUT2D eigenvalue weighted by molar-refractivity contribution is -0.146. The summed E-state index contributed by atoms with van der Waals surface area (Å²) in [7, 11) is 0. The van der Waals surface area contributed by atoms with Crippen LogP contribution in [0.25, 0.3) is 0 Å². The van der Waals surface area contributed by atoms with E-state index in [-0.39, 0.29) is 17.9 Å². The van der Waals surface area contributed by atoms with E-state index in [0.717, 1.165) is 18.6 Å². The summed E-state index contributed by atoms with van der Waals surface area (Å²) >= 11 is 1.75. The molecule has 1 saturated carbocycles. The maximum Gasteiger partial charge on any atom is 0.307 e. The zero-order valence-corrected chi connectivity index (χ0v) is 11.3. The first-order valence-corrected chi connectivity index (χ1v) is 7.47. The zero-order chi connectivity index (χ0) is 12.8. The predicted molar refractivity (Wildman–Crippen MR) is 69.1 cm³/mol. The van der Waals surface area contributed by atoms with Crippen molar-refractivity contribution in [2.75, 3.05) is 12.0 Å². The Morgan fingerprint density at radius 1 is 1.41 bits per heavy atom. The van der Waals surface area contributed by atoms with Crippen molar-refractivity contribution in [2.24, 2.45) is 11.8 Å². The molecule has 0 spiro atoms. The summed E-state index contributed by atoms with van der Waals surface area (Å²) in [6.07, 6.45) is 5.14. The van der Waals surface area contributed by atoms with Crippen molar-refractivity contribution in [3.63, 3.8) is 0 Å². The Bertz CT molecular complexity index is 283. The number of nitrogens with one attached hydrogen (secondary N) is 1. The number of amides is 1. The fourth-order valence-corrected chi connectivity index (χ4v) is 2.88. The second-order valence-electron chi connectivity index (χ2n) is 4.67. The molecule has 1 amide bonds. The maximum absolute atomic E-state index is 12.0. The number of hydrogen-bond acceptors (Lipinski definition) is 3. The summed E-state index contributed by atoms with van der Waals surface area (Å²) in [5.41, 5.74) is 0. The molecule has 4 nitrogen and oxygen atoms in total. The van der Waals surface area contributed by atoms with E-state index in [1.54, 1.807) is 11.8 Å². The number of rotatable bonds is 6. The van der Waals surface area contributed by atoms with Gasteiger partial charge >= 0.3 is 5.97 Å². The fraction of sp³-hybridized carbons (Fsp3) is 0.833. The molecule has 3 unspecified atom stereocenters. The van der Waals surface area contributed by atoms with Gasteiger partial charge in [-0.05, 0) is 38.2 Å². The van der Waals surface area contributed by atoms with Gasteiger partial charge in [0.15, 0.2) is 0 Å². The zero-order valence-electron chi connectivity index (χ0n) is 10.4. The van der Waals surface area contributed by atoms with Crippen molar-refractivity contribution < 1.29 is 14.7 Å². The molecule has 0 aromatic heterocycles. The topological polar surface area (TPSA) is 66.4 Å². The first-order chi connectivity index (χ1) is 8.06. The third-order valence-corrected chi connectivity index (χ3v) is 3.96. The molecule has 1 fully saturated rings. The third-order valence-electron chi connectivity index (χ3n) is 3.31. The average Bonchev–Trinajstić information content (AvgIpc) is 2.75. The standard InChI is InChI=1S/C12H21NO3S/c1-8(6-7-17-2)13-11(14)9-4-3-5-10(9)12(15)16/h8-10H,3-7H2,1-2H3,(H,13,14)(H,15,16). The van der Waals surface area contributed by atoms with Crippen LogP contribution in [0.5, 0.6) is 0 Å². The molecule has 3 atom stereocenters. The first kappa shape index (κ1) is 14.4. The van der Waals surface area contributed by atoms with Crippen molar-refractivity contribution in [1.82, 2.24) is 5.32 Å². The molecule has 1 aliphatic carbocycles. The van der Waals surface area contributed by atoms with Gasteiger partial charge in [-0.15, -0.1) is 0 Å². The molecule has 98 valence electrons. The van der Waals surface area contributed by atoms with Gasteiger partial charge in [0.2, 0.25) is 5.91 Å². The Morgan fingerprint density at radius 3 is 2.65 bits per heavy atom. The number of carbonyl (C=O) groups excluding carboxylic acids is 1. The third kappa shape index (κ3) is 4.22. The van der Waals surface area contributed by atoms with Gasteiger partial charge < -0.3 is 10.4 Å². The summed E-state index contributed by atoms with van der Waals surface area (Å²) < 4.78 is 0. The molecule has 1 aliphatic rings. The number of hydrogen-bond donors (Lipinski definition) is 2. The van der Waals surface area contributed by atoms with Gasteiger partial charge in [-0.1, -0.05) is 6.42 Å². The van der Waals surface area contributed by atoms with Crippen LogP contribution in [0.4, 0.5) is 0 Å². The van der Waals surface area contributed by atoms with Crippen LogP contribution in [-0.2, 0) is 9.59 Å². The van der Waals surface area contributed by atoms with Crippen molar-refractivity contribution >= 4 is 23.6 Å². The smallest absolute Gasteiger partial charge is 0.307 e. The highest BCUT2D eigenvalue weighted by atomic mass is 32.2.